The van der Waals surface area contributed by atoms with Gasteiger partial charge >= 0.3 is 0 Å². The van der Waals surface area contributed by atoms with Crippen molar-refractivity contribution in [3.05, 3.63) is 58.3 Å². The minimum Gasteiger partial charge on any atom is -0.457 e. The summed E-state index contributed by atoms with van der Waals surface area (Å²) in [6.45, 7) is 0.493. The molecule has 0 bridgehead atoms. The lowest BCUT2D eigenvalue weighted by Crippen LogP contribution is -1.95. The smallest absolute Gasteiger partial charge is 0.141 e. The van der Waals surface area contributed by atoms with Crippen molar-refractivity contribution < 1.29 is 9.13 Å². The summed E-state index contributed by atoms with van der Waals surface area (Å²) in [7, 11) is 0. The van der Waals surface area contributed by atoms with Gasteiger partial charge in [0.15, 0.2) is 0 Å². The summed E-state index contributed by atoms with van der Waals surface area (Å²) in [5.41, 5.74) is 6.52. The van der Waals surface area contributed by atoms with Crippen LogP contribution in [0.15, 0.2) is 46.9 Å². The van der Waals surface area contributed by atoms with Gasteiger partial charge in [-0.2, -0.15) is 0 Å². The summed E-state index contributed by atoms with van der Waals surface area (Å²) >= 11 is 3.09. The number of ether oxygens (including phenoxy) is 1. The van der Waals surface area contributed by atoms with Gasteiger partial charge in [-0.3, -0.25) is 0 Å². The van der Waals surface area contributed by atoms with E-state index < -0.39 is 0 Å². The SMILES string of the molecule is NCc1ccc(Oc2ccc(Br)c(F)c2)cc1. The van der Waals surface area contributed by atoms with E-state index in [0.717, 1.165) is 5.56 Å². The van der Waals surface area contributed by atoms with E-state index in [1.165, 1.54) is 6.07 Å². The van der Waals surface area contributed by atoms with Crippen molar-refractivity contribution in [2.75, 3.05) is 0 Å². The van der Waals surface area contributed by atoms with Crippen LogP contribution in [0.2, 0.25) is 0 Å². The molecule has 0 aromatic heterocycles. The maximum atomic E-state index is 13.3. The lowest BCUT2D eigenvalue weighted by molar-refractivity contribution is 0.476. The second-order valence-corrected chi connectivity index (χ2v) is 4.38. The third kappa shape index (κ3) is 3.05. The molecule has 2 nitrogen and oxygen atoms in total. The quantitative estimate of drug-likeness (QED) is 0.934. The minimum absolute atomic E-state index is 0.346. The van der Waals surface area contributed by atoms with Crippen LogP contribution in [-0.4, -0.2) is 0 Å². The van der Waals surface area contributed by atoms with Crippen LogP contribution in [0.5, 0.6) is 11.5 Å². The minimum atomic E-state index is -0.346. The summed E-state index contributed by atoms with van der Waals surface area (Å²) in [5, 5.41) is 0. The van der Waals surface area contributed by atoms with Crippen LogP contribution in [-0.2, 0) is 6.54 Å². The van der Waals surface area contributed by atoms with Crippen molar-refractivity contribution in [3.63, 3.8) is 0 Å². The standard InChI is InChI=1S/C13H11BrFNO/c14-12-6-5-11(7-13(12)15)17-10-3-1-9(8-16)2-4-10/h1-7H,8,16H2. The van der Waals surface area contributed by atoms with Gasteiger partial charge in [-0.1, -0.05) is 12.1 Å². The molecule has 0 radical (unpaired) electrons. The molecule has 0 saturated carbocycles. The fourth-order valence-electron chi connectivity index (χ4n) is 1.37. The van der Waals surface area contributed by atoms with Gasteiger partial charge in [-0.25, -0.2) is 4.39 Å². The first kappa shape index (κ1) is 12.1. The van der Waals surface area contributed by atoms with E-state index >= 15 is 0 Å². The van der Waals surface area contributed by atoms with Crippen molar-refractivity contribution in [2.24, 2.45) is 5.73 Å². The molecule has 0 aliphatic heterocycles. The van der Waals surface area contributed by atoms with Gasteiger partial charge in [0.05, 0.1) is 4.47 Å². The molecule has 0 aliphatic rings. The number of hydrogen-bond donors (Lipinski definition) is 1. The van der Waals surface area contributed by atoms with Crippen LogP contribution in [0.25, 0.3) is 0 Å². The van der Waals surface area contributed by atoms with Gasteiger partial charge in [0.1, 0.15) is 17.3 Å². The topological polar surface area (TPSA) is 35.2 Å². The van der Waals surface area contributed by atoms with E-state index in [1.807, 2.05) is 24.3 Å². The van der Waals surface area contributed by atoms with E-state index in [-0.39, 0.29) is 5.82 Å². The molecule has 0 unspecified atom stereocenters. The molecular weight excluding hydrogens is 285 g/mol. The Bertz CT molecular complexity index is 513. The van der Waals surface area contributed by atoms with Crippen molar-refractivity contribution in [2.45, 2.75) is 6.54 Å². The highest BCUT2D eigenvalue weighted by atomic mass is 79.9. The molecule has 0 saturated heterocycles. The molecule has 17 heavy (non-hydrogen) atoms. The van der Waals surface area contributed by atoms with Gasteiger partial charge in [0.25, 0.3) is 0 Å². The predicted molar refractivity (Wildman–Crippen MR) is 68.5 cm³/mol. The predicted octanol–water partition coefficient (Wildman–Crippen LogP) is 3.84. The van der Waals surface area contributed by atoms with Crippen LogP contribution in [0.4, 0.5) is 4.39 Å². The Labute approximate surface area is 107 Å². The van der Waals surface area contributed by atoms with Crippen LogP contribution in [0.1, 0.15) is 5.56 Å². The molecule has 0 heterocycles. The number of rotatable bonds is 3. The van der Waals surface area contributed by atoms with Crippen molar-refractivity contribution in [1.82, 2.24) is 0 Å². The average Bonchev–Trinajstić information content (AvgIpc) is 2.35. The average molecular weight is 296 g/mol. The van der Waals surface area contributed by atoms with Gasteiger partial charge in [-0.15, -0.1) is 0 Å². The van der Waals surface area contributed by atoms with Crippen molar-refractivity contribution >= 4 is 15.9 Å². The zero-order valence-electron chi connectivity index (χ0n) is 8.99. The van der Waals surface area contributed by atoms with Gasteiger partial charge < -0.3 is 10.5 Å². The highest BCUT2D eigenvalue weighted by Crippen LogP contribution is 2.25. The third-order valence-electron chi connectivity index (χ3n) is 2.29. The second kappa shape index (κ2) is 5.29. The molecule has 2 aromatic rings. The van der Waals surface area contributed by atoms with Crippen LogP contribution >= 0.6 is 15.9 Å². The number of nitrogens with two attached hydrogens (primary N) is 1. The Balaban J connectivity index is 2.16. The highest BCUT2D eigenvalue weighted by molar-refractivity contribution is 9.10. The molecule has 2 rings (SSSR count). The molecule has 0 atom stereocenters. The van der Waals surface area contributed by atoms with Crippen molar-refractivity contribution in [3.8, 4) is 11.5 Å². The lowest BCUT2D eigenvalue weighted by atomic mass is 10.2. The molecule has 88 valence electrons. The number of hydrogen-bond acceptors (Lipinski definition) is 2. The fourth-order valence-corrected chi connectivity index (χ4v) is 1.62. The Kier molecular flexibility index (Phi) is 3.76. The first-order valence-electron chi connectivity index (χ1n) is 5.11. The second-order valence-electron chi connectivity index (χ2n) is 3.53. The van der Waals surface area contributed by atoms with E-state index in [0.29, 0.717) is 22.5 Å². The molecule has 0 fully saturated rings. The summed E-state index contributed by atoms with van der Waals surface area (Å²) < 4.78 is 19.2. The fraction of sp³-hybridized carbons (Fsp3) is 0.0769. The summed E-state index contributed by atoms with van der Waals surface area (Å²) in [6, 6.07) is 12.0. The number of halogens is 2. The Morgan fingerprint density at radius 3 is 2.29 bits per heavy atom. The maximum absolute atomic E-state index is 13.3. The molecule has 2 N–H and O–H groups in total. The summed E-state index contributed by atoms with van der Waals surface area (Å²) in [4.78, 5) is 0. The van der Waals surface area contributed by atoms with Crippen molar-refractivity contribution in [1.29, 1.82) is 0 Å². The van der Waals surface area contributed by atoms with Gasteiger partial charge in [-0.05, 0) is 45.8 Å². The van der Waals surface area contributed by atoms with E-state index in [4.69, 9.17) is 10.5 Å². The Morgan fingerprint density at radius 1 is 1.06 bits per heavy atom. The van der Waals surface area contributed by atoms with E-state index in [2.05, 4.69) is 15.9 Å². The largest absolute Gasteiger partial charge is 0.457 e. The molecule has 0 spiro atoms. The van der Waals surface area contributed by atoms with Crippen LogP contribution in [0, 0.1) is 5.82 Å². The monoisotopic (exact) mass is 295 g/mol. The first-order chi connectivity index (χ1) is 8.19. The highest BCUT2D eigenvalue weighted by Gasteiger charge is 2.02. The molecule has 0 aliphatic carbocycles. The zero-order chi connectivity index (χ0) is 12.3. The maximum Gasteiger partial charge on any atom is 0.141 e. The molecule has 2 aromatic carbocycles. The van der Waals surface area contributed by atoms with Crippen LogP contribution < -0.4 is 10.5 Å². The Morgan fingerprint density at radius 2 is 1.71 bits per heavy atom. The van der Waals surface area contributed by atoms with E-state index in [1.54, 1.807) is 12.1 Å². The first-order valence-corrected chi connectivity index (χ1v) is 5.90. The molecular formula is C13H11BrFNO. The van der Waals surface area contributed by atoms with Crippen LogP contribution in [0.3, 0.4) is 0 Å². The Hall–Kier alpha value is -1.39. The normalized spacial score (nSPS) is 10.3. The lowest BCUT2D eigenvalue weighted by Gasteiger charge is -2.06. The zero-order valence-corrected chi connectivity index (χ0v) is 10.6. The number of benzene rings is 2. The summed E-state index contributed by atoms with van der Waals surface area (Å²) in [6.07, 6.45) is 0. The molecule has 0 amide bonds. The van der Waals surface area contributed by atoms with Gasteiger partial charge in [0.2, 0.25) is 0 Å². The van der Waals surface area contributed by atoms with Gasteiger partial charge in [0, 0.05) is 12.6 Å². The molecule has 4 heteroatoms. The third-order valence-corrected chi connectivity index (χ3v) is 2.93. The summed E-state index contributed by atoms with van der Waals surface area (Å²) in [5.74, 6) is 0.774. The van der Waals surface area contributed by atoms with E-state index in [9.17, 15) is 4.39 Å².